The maximum absolute atomic E-state index is 12.8. The fourth-order valence-corrected chi connectivity index (χ4v) is 4.16. The van der Waals surface area contributed by atoms with Crippen LogP contribution in [0, 0.1) is 0 Å². The van der Waals surface area contributed by atoms with E-state index in [-0.39, 0.29) is 11.7 Å². The van der Waals surface area contributed by atoms with Gasteiger partial charge in [-0.1, -0.05) is 22.0 Å². The van der Waals surface area contributed by atoms with Crippen molar-refractivity contribution in [3.05, 3.63) is 51.5 Å². The molecule has 118 valence electrons. The van der Waals surface area contributed by atoms with Crippen LogP contribution in [-0.2, 0) is 16.6 Å². The van der Waals surface area contributed by atoms with Gasteiger partial charge in [-0.2, -0.15) is 0 Å². The summed E-state index contributed by atoms with van der Waals surface area (Å²) in [6.07, 6.45) is 0.717. The fourth-order valence-electron chi connectivity index (χ4n) is 3.45. The lowest BCUT2D eigenvalue weighted by Crippen LogP contribution is -2.39. The minimum Gasteiger partial charge on any atom is -0.507 e. The van der Waals surface area contributed by atoms with Gasteiger partial charge in [0, 0.05) is 33.8 Å². The van der Waals surface area contributed by atoms with Gasteiger partial charge in [-0.15, -0.1) is 0 Å². The van der Waals surface area contributed by atoms with Gasteiger partial charge in [-0.05, 0) is 23.8 Å². The van der Waals surface area contributed by atoms with Crippen LogP contribution >= 0.6 is 15.9 Å². The zero-order chi connectivity index (χ0) is 16.2. The summed E-state index contributed by atoms with van der Waals surface area (Å²) in [5.41, 5.74) is 1.26. The number of phenolic OH excluding ortho intramolecular Hbond substituents is 1. The van der Waals surface area contributed by atoms with Gasteiger partial charge in [0.05, 0.1) is 13.2 Å². The maximum Gasteiger partial charge on any atom is 0.242 e. The minimum atomic E-state index is -1.34. The number of aromatic hydroxyl groups is 1. The number of aliphatic hydroxyl groups is 1. The number of carbonyl (C=O) groups excluding carboxylic acids is 1. The molecule has 0 saturated heterocycles. The van der Waals surface area contributed by atoms with E-state index in [4.69, 9.17) is 4.74 Å². The number of halogens is 1. The summed E-state index contributed by atoms with van der Waals surface area (Å²) >= 11 is 3.47. The third-order valence-electron chi connectivity index (χ3n) is 4.58. The van der Waals surface area contributed by atoms with Gasteiger partial charge in [0.15, 0.2) is 0 Å². The fraction of sp³-hybridized carbons (Fsp3) is 0.235. The summed E-state index contributed by atoms with van der Waals surface area (Å²) in [7, 11) is 0. The Balaban J connectivity index is 2.02. The van der Waals surface area contributed by atoms with Crippen LogP contribution in [0.4, 0.5) is 5.69 Å². The molecule has 0 fully saturated rings. The van der Waals surface area contributed by atoms with Gasteiger partial charge in [-0.3, -0.25) is 4.79 Å². The number of fused-ring (bicyclic) bond motifs is 2. The summed E-state index contributed by atoms with van der Waals surface area (Å²) in [6.45, 7) is 0.110. The van der Waals surface area contributed by atoms with Crippen molar-refractivity contribution in [1.82, 2.24) is 0 Å². The Kier molecular flexibility index (Phi) is 3.14. The van der Waals surface area contributed by atoms with Crippen molar-refractivity contribution >= 4 is 27.5 Å². The number of ether oxygens (including phenoxy) is 1. The van der Waals surface area contributed by atoms with E-state index in [9.17, 15) is 15.0 Å². The summed E-state index contributed by atoms with van der Waals surface area (Å²) in [4.78, 5) is 12.8. The molecule has 4 rings (SSSR count). The largest absolute Gasteiger partial charge is 0.507 e. The molecular formula is C17H14BrNO4. The number of nitrogens with one attached hydrogen (secondary N) is 1. The number of anilines is 1. The molecule has 2 heterocycles. The molecule has 0 radical (unpaired) electrons. The topological polar surface area (TPSA) is 78.8 Å². The first-order valence-corrected chi connectivity index (χ1v) is 8.07. The maximum atomic E-state index is 12.8. The number of hydrogen-bond acceptors (Lipinski definition) is 4. The van der Waals surface area contributed by atoms with Crippen LogP contribution in [0.25, 0.3) is 0 Å². The Morgan fingerprint density at radius 1 is 1.35 bits per heavy atom. The SMILES string of the molecule is O=C1Nc2cccc(Br)c2C1(CO)c1cc2c(cc1O)OCC2. The first-order chi connectivity index (χ1) is 11.1. The van der Waals surface area contributed by atoms with Gasteiger partial charge in [0.2, 0.25) is 5.91 Å². The van der Waals surface area contributed by atoms with Crippen molar-refractivity contribution in [3.63, 3.8) is 0 Å². The quantitative estimate of drug-likeness (QED) is 0.752. The van der Waals surface area contributed by atoms with Crippen LogP contribution in [0.5, 0.6) is 11.5 Å². The molecule has 0 aromatic heterocycles. The lowest BCUT2D eigenvalue weighted by atomic mass is 9.75. The number of amides is 1. The van der Waals surface area contributed by atoms with Crippen LogP contribution in [0.2, 0.25) is 0 Å². The highest BCUT2D eigenvalue weighted by Crippen LogP contribution is 2.50. The number of benzene rings is 2. The average molecular weight is 376 g/mol. The number of aliphatic hydroxyl groups excluding tert-OH is 1. The number of carbonyl (C=O) groups is 1. The highest BCUT2D eigenvalue weighted by molar-refractivity contribution is 9.10. The molecule has 23 heavy (non-hydrogen) atoms. The van der Waals surface area contributed by atoms with Crippen LogP contribution < -0.4 is 10.1 Å². The summed E-state index contributed by atoms with van der Waals surface area (Å²) in [5, 5.41) is 23.4. The molecule has 0 spiro atoms. The molecule has 1 unspecified atom stereocenters. The lowest BCUT2D eigenvalue weighted by Gasteiger charge is -2.27. The highest BCUT2D eigenvalue weighted by atomic mass is 79.9. The van der Waals surface area contributed by atoms with E-state index < -0.39 is 12.0 Å². The summed E-state index contributed by atoms with van der Waals surface area (Å²) in [5.74, 6) is 0.222. The first kappa shape index (κ1) is 14.5. The molecule has 3 N–H and O–H groups in total. The molecule has 1 amide bonds. The summed E-state index contributed by atoms with van der Waals surface area (Å²) < 4.78 is 6.16. The van der Waals surface area contributed by atoms with Gasteiger partial charge >= 0.3 is 0 Å². The molecule has 0 aliphatic carbocycles. The lowest BCUT2D eigenvalue weighted by molar-refractivity contribution is -0.120. The van der Waals surface area contributed by atoms with E-state index >= 15 is 0 Å². The van der Waals surface area contributed by atoms with Crippen molar-refractivity contribution in [1.29, 1.82) is 0 Å². The van der Waals surface area contributed by atoms with E-state index in [0.29, 0.717) is 40.1 Å². The van der Waals surface area contributed by atoms with E-state index in [1.54, 1.807) is 12.1 Å². The molecule has 1 atom stereocenters. The van der Waals surface area contributed by atoms with Crippen molar-refractivity contribution < 1.29 is 19.7 Å². The molecule has 2 aromatic carbocycles. The predicted molar refractivity (Wildman–Crippen MR) is 87.9 cm³/mol. The van der Waals surface area contributed by atoms with Crippen molar-refractivity contribution in [2.75, 3.05) is 18.5 Å². The predicted octanol–water partition coefficient (Wildman–Crippen LogP) is 2.32. The third-order valence-corrected chi connectivity index (χ3v) is 5.24. The highest BCUT2D eigenvalue weighted by Gasteiger charge is 2.51. The van der Waals surface area contributed by atoms with Crippen molar-refractivity contribution in [3.8, 4) is 11.5 Å². The molecule has 0 bridgehead atoms. The molecule has 5 nitrogen and oxygen atoms in total. The number of phenols is 1. The van der Waals surface area contributed by atoms with Gasteiger partial charge < -0.3 is 20.3 Å². The van der Waals surface area contributed by atoms with E-state index in [0.717, 1.165) is 5.56 Å². The van der Waals surface area contributed by atoms with E-state index in [1.807, 2.05) is 12.1 Å². The van der Waals surface area contributed by atoms with Gasteiger partial charge in [0.1, 0.15) is 16.9 Å². The Bertz CT molecular complexity index is 836. The Morgan fingerprint density at radius 3 is 2.96 bits per heavy atom. The molecule has 2 aliphatic rings. The second-order valence-corrected chi connectivity index (χ2v) is 6.61. The van der Waals surface area contributed by atoms with Crippen molar-refractivity contribution in [2.24, 2.45) is 0 Å². The monoisotopic (exact) mass is 375 g/mol. The van der Waals surface area contributed by atoms with Gasteiger partial charge in [-0.25, -0.2) is 0 Å². The van der Waals surface area contributed by atoms with E-state index in [1.165, 1.54) is 6.07 Å². The van der Waals surface area contributed by atoms with Crippen molar-refractivity contribution in [2.45, 2.75) is 11.8 Å². The Labute approximate surface area is 141 Å². The number of rotatable bonds is 2. The summed E-state index contributed by atoms with van der Waals surface area (Å²) in [6, 6.07) is 8.70. The second-order valence-electron chi connectivity index (χ2n) is 5.76. The third kappa shape index (κ3) is 1.85. The smallest absolute Gasteiger partial charge is 0.242 e. The van der Waals surface area contributed by atoms with Crippen LogP contribution in [0.3, 0.4) is 0 Å². The first-order valence-electron chi connectivity index (χ1n) is 7.28. The molecule has 0 saturated carbocycles. The van der Waals surface area contributed by atoms with Crippen LogP contribution in [-0.4, -0.2) is 29.3 Å². The minimum absolute atomic E-state index is 0.0570. The van der Waals surface area contributed by atoms with E-state index in [2.05, 4.69) is 21.2 Å². The van der Waals surface area contributed by atoms with Gasteiger partial charge in [0.25, 0.3) is 0 Å². The molecule has 2 aliphatic heterocycles. The van der Waals surface area contributed by atoms with Crippen LogP contribution in [0.1, 0.15) is 16.7 Å². The molecule has 2 aromatic rings. The number of hydrogen-bond donors (Lipinski definition) is 3. The van der Waals surface area contributed by atoms with Crippen LogP contribution in [0.15, 0.2) is 34.8 Å². The zero-order valence-electron chi connectivity index (χ0n) is 12.1. The zero-order valence-corrected chi connectivity index (χ0v) is 13.7. The Hall–Kier alpha value is -2.05. The second kappa shape index (κ2) is 4.97. The molecular weight excluding hydrogens is 362 g/mol. The standard InChI is InChI=1S/C17H14BrNO4/c18-11-2-1-3-12-15(11)17(8-20,16(22)19-12)10-6-9-4-5-23-14(9)7-13(10)21/h1-3,6-7,20-21H,4-5,8H2,(H,19,22). The molecule has 6 heteroatoms. The normalized spacial score (nSPS) is 21.6. The Morgan fingerprint density at radius 2 is 2.17 bits per heavy atom. The average Bonchev–Trinajstić information content (AvgIpc) is 3.08.